The minimum atomic E-state index is -0.0987. The predicted molar refractivity (Wildman–Crippen MR) is 132 cm³/mol. The Morgan fingerprint density at radius 1 is 0.656 bits per heavy atom. The van der Waals surface area contributed by atoms with E-state index in [4.69, 9.17) is 9.97 Å². The quantitative estimate of drug-likeness (QED) is 0.301. The van der Waals surface area contributed by atoms with E-state index in [1.54, 1.807) is 31.5 Å². The van der Waals surface area contributed by atoms with Crippen LogP contribution in [0, 0.1) is 13.8 Å². The first kappa shape index (κ1) is 17.0. The van der Waals surface area contributed by atoms with E-state index in [1.165, 1.54) is 0 Å². The SMILES string of the molecule is Cc1csc2nc3c4ccc5c(=O)n6c(nc7scc(C)c76)c6ccc(c(=O)n3c12)c4c56. The number of thiophene rings is 2. The van der Waals surface area contributed by atoms with Crippen LogP contribution < -0.4 is 11.1 Å². The highest BCUT2D eigenvalue weighted by Crippen LogP contribution is 2.38. The van der Waals surface area contributed by atoms with Gasteiger partial charge in [-0.1, -0.05) is 0 Å². The molecule has 8 rings (SSSR count). The number of aryl methyl sites for hydroxylation is 2. The van der Waals surface area contributed by atoms with Crippen LogP contribution in [0.1, 0.15) is 11.1 Å². The monoisotopic (exact) mass is 452 g/mol. The van der Waals surface area contributed by atoms with E-state index in [0.29, 0.717) is 22.1 Å². The second-order valence-corrected chi connectivity index (χ2v) is 10.1. The maximum absolute atomic E-state index is 13.6. The Balaban J connectivity index is 1.73. The number of fused-ring (bicyclic) bond motifs is 8. The molecule has 6 nitrogen and oxygen atoms in total. The van der Waals surface area contributed by atoms with E-state index < -0.39 is 0 Å². The topological polar surface area (TPSA) is 68.7 Å². The van der Waals surface area contributed by atoms with Crippen LogP contribution in [0.5, 0.6) is 0 Å². The van der Waals surface area contributed by atoms with Crippen molar-refractivity contribution >= 4 is 87.0 Å². The van der Waals surface area contributed by atoms with Gasteiger partial charge < -0.3 is 0 Å². The molecule has 0 saturated carbocycles. The van der Waals surface area contributed by atoms with Crippen LogP contribution in [0.4, 0.5) is 0 Å². The van der Waals surface area contributed by atoms with Crippen molar-refractivity contribution in [1.82, 2.24) is 18.8 Å². The van der Waals surface area contributed by atoms with E-state index >= 15 is 0 Å². The van der Waals surface area contributed by atoms with Gasteiger partial charge in [0.05, 0.1) is 11.0 Å². The van der Waals surface area contributed by atoms with Gasteiger partial charge in [-0.3, -0.25) is 18.4 Å². The molecule has 8 heteroatoms. The van der Waals surface area contributed by atoms with E-state index in [9.17, 15) is 9.59 Å². The fraction of sp³-hybridized carbons (Fsp3) is 0.0833. The molecule has 0 atom stereocenters. The maximum Gasteiger partial charge on any atom is 0.264 e. The Labute approximate surface area is 186 Å². The molecular weight excluding hydrogens is 440 g/mol. The number of hydrogen-bond donors (Lipinski definition) is 0. The second-order valence-electron chi connectivity index (χ2n) is 8.37. The summed E-state index contributed by atoms with van der Waals surface area (Å²) >= 11 is 3.09. The normalized spacial score (nSPS) is 12.9. The van der Waals surface area contributed by atoms with Gasteiger partial charge in [0.2, 0.25) is 0 Å². The lowest BCUT2D eigenvalue weighted by Crippen LogP contribution is -2.16. The number of hydrogen-bond acceptors (Lipinski definition) is 6. The number of rotatable bonds is 0. The molecule has 6 aromatic heterocycles. The van der Waals surface area contributed by atoms with Gasteiger partial charge >= 0.3 is 0 Å². The summed E-state index contributed by atoms with van der Waals surface area (Å²) in [5, 5.41) is 8.63. The Morgan fingerprint density at radius 3 is 1.50 bits per heavy atom. The van der Waals surface area contributed by atoms with Gasteiger partial charge in [-0.2, -0.15) is 0 Å². The first-order valence-electron chi connectivity index (χ1n) is 10.2. The number of benzene rings is 2. The highest BCUT2D eigenvalue weighted by atomic mass is 32.1. The molecule has 0 saturated heterocycles. The maximum atomic E-state index is 13.6. The third-order valence-corrected chi connectivity index (χ3v) is 8.60. The largest absolute Gasteiger partial charge is 0.268 e. The van der Waals surface area contributed by atoms with Crippen LogP contribution in [0.3, 0.4) is 0 Å². The number of pyridine rings is 2. The van der Waals surface area contributed by atoms with Crippen molar-refractivity contribution in [1.29, 1.82) is 0 Å². The summed E-state index contributed by atoms with van der Waals surface area (Å²) in [6.45, 7) is 4.01. The van der Waals surface area contributed by atoms with Crippen LogP contribution in [0.15, 0.2) is 44.6 Å². The fourth-order valence-electron chi connectivity index (χ4n) is 5.28. The lowest BCUT2D eigenvalue weighted by molar-refractivity contribution is 1.17. The highest BCUT2D eigenvalue weighted by molar-refractivity contribution is 7.17. The van der Waals surface area contributed by atoms with Crippen LogP contribution >= 0.6 is 22.7 Å². The first-order chi connectivity index (χ1) is 15.5. The van der Waals surface area contributed by atoms with E-state index in [1.807, 2.05) is 48.9 Å². The van der Waals surface area contributed by atoms with Crippen LogP contribution in [0.25, 0.3) is 64.3 Å². The van der Waals surface area contributed by atoms with Crippen LogP contribution in [-0.4, -0.2) is 18.8 Å². The van der Waals surface area contributed by atoms with Gasteiger partial charge in [0.1, 0.15) is 21.0 Å². The lowest BCUT2D eigenvalue weighted by Gasteiger charge is -2.12. The third-order valence-electron chi connectivity index (χ3n) is 6.64. The minimum Gasteiger partial charge on any atom is -0.268 e. The molecule has 152 valence electrons. The van der Waals surface area contributed by atoms with Crippen molar-refractivity contribution in [2.75, 3.05) is 0 Å². The summed E-state index contributed by atoms with van der Waals surface area (Å²) in [5.74, 6) is 0. The van der Waals surface area contributed by atoms with Crippen LogP contribution in [0.2, 0.25) is 0 Å². The standard InChI is InChI=1S/C24H12N4O2S2/c1-9-7-31-21-17(9)27-19(25-21)11-3-6-14-16-12(4-5-13(15(11)16)23(27)29)20-26-22-18(10(2)8-32-22)28(20)24(14)30/h3-8H,1-2H3. The zero-order valence-electron chi connectivity index (χ0n) is 16.9. The summed E-state index contributed by atoms with van der Waals surface area (Å²) in [6.07, 6.45) is 0. The number of nitrogens with zero attached hydrogens (tertiary/aromatic N) is 4. The van der Waals surface area contributed by atoms with E-state index in [0.717, 1.165) is 53.4 Å². The van der Waals surface area contributed by atoms with Gasteiger partial charge in [0, 0.05) is 32.3 Å². The van der Waals surface area contributed by atoms with Gasteiger partial charge in [-0.05, 0) is 60.0 Å². The predicted octanol–water partition coefficient (Wildman–Crippen LogP) is 5.08. The molecule has 0 spiro atoms. The summed E-state index contributed by atoms with van der Waals surface area (Å²) in [7, 11) is 0. The summed E-state index contributed by atoms with van der Waals surface area (Å²) in [4.78, 5) is 38.6. The van der Waals surface area contributed by atoms with E-state index in [-0.39, 0.29) is 11.1 Å². The molecule has 0 radical (unpaired) electrons. The number of imidazole rings is 2. The average Bonchev–Trinajstić information content (AvgIpc) is 3.53. The van der Waals surface area contributed by atoms with Crippen molar-refractivity contribution in [3.8, 4) is 0 Å². The van der Waals surface area contributed by atoms with Crippen molar-refractivity contribution in [3.05, 3.63) is 66.9 Å². The molecule has 0 aliphatic rings. The molecule has 0 aliphatic heterocycles. The van der Waals surface area contributed by atoms with Crippen molar-refractivity contribution < 1.29 is 0 Å². The fourth-order valence-corrected chi connectivity index (χ4v) is 7.08. The zero-order chi connectivity index (χ0) is 21.5. The average molecular weight is 453 g/mol. The van der Waals surface area contributed by atoms with Crippen molar-refractivity contribution in [3.63, 3.8) is 0 Å². The Bertz CT molecular complexity index is 2060. The molecule has 8 aromatic rings. The number of aromatic nitrogens is 4. The summed E-state index contributed by atoms with van der Waals surface area (Å²) in [5.41, 5.74) is 4.92. The minimum absolute atomic E-state index is 0.0987. The molecule has 0 amide bonds. The van der Waals surface area contributed by atoms with Crippen LogP contribution in [-0.2, 0) is 0 Å². The Morgan fingerprint density at radius 2 is 1.06 bits per heavy atom. The first-order valence-corrected chi connectivity index (χ1v) is 11.9. The molecule has 0 unspecified atom stereocenters. The van der Waals surface area contributed by atoms with Gasteiger partial charge in [-0.15, -0.1) is 22.7 Å². The van der Waals surface area contributed by atoms with Gasteiger partial charge in [0.15, 0.2) is 0 Å². The molecule has 2 aromatic carbocycles. The molecular formula is C24H12N4O2S2. The molecule has 0 N–H and O–H groups in total. The highest BCUT2D eigenvalue weighted by Gasteiger charge is 2.23. The molecule has 0 aliphatic carbocycles. The van der Waals surface area contributed by atoms with Gasteiger partial charge in [-0.25, -0.2) is 9.97 Å². The smallest absolute Gasteiger partial charge is 0.264 e. The van der Waals surface area contributed by atoms with Crippen molar-refractivity contribution in [2.45, 2.75) is 13.8 Å². The summed E-state index contributed by atoms with van der Waals surface area (Å²) in [6, 6.07) is 7.62. The van der Waals surface area contributed by atoms with E-state index in [2.05, 4.69) is 0 Å². The Kier molecular flexibility index (Phi) is 2.78. The second kappa shape index (κ2) is 5.23. The third kappa shape index (κ3) is 1.69. The summed E-state index contributed by atoms with van der Waals surface area (Å²) < 4.78 is 3.46. The van der Waals surface area contributed by atoms with Crippen molar-refractivity contribution in [2.24, 2.45) is 0 Å². The Hall–Kier alpha value is -3.62. The zero-order valence-corrected chi connectivity index (χ0v) is 18.5. The molecule has 6 heterocycles. The molecule has 0 bridgehead atoms. The molecule has 32 heavy (non-hydrogen) atoms. The van der Waals surface area contributed by atoms with Gasteiger partial charge in [0.25, 0.3) is 11.1 Å². The molecule has 0 fully saturated rings. The lowest BCUT2D eigenvalue weighted by atomic mass is 9.96.